The van der Waals surface area contributed by atoms with Crippen molar-refractivity contribution in [2.24, 2.45) is 0 Å². The smallest absolute Gasteiger partial charge is 2.00 e. The monoisotopic (exact) mass is 339 g/mol. The van der Waals surface area contributed by atoms with Gasteiger partial charge in [-0.2, -0.15) is 0 Å². The van der Waals surface area contributed by atoms with Gasteiger partial charge in [0.2, 0.25) is 0 Å². The first-order valence-electron chi connectivity index (χ1n) is 5.70. The van der Waals surface area contributed by atoms with Crippen LogP contribution in [0.5, 0.6) is 0 Å². The van der Waals surface area contributed by atoms with Crippen LogP contribution in [0.4, 0.5) is 0 Å². The Morgan fingerprint density at radius 2 is 1.14 bits per heavy atom. The summed E-state index contributed by atoms with van der Waals surface area (Å²) in [5.41, 5.74) is 1.34. The van der Waals surface area contributed by atoms with Gasteiger partial charge in [-0.05, 0) is 38.1 Å². The normalized spacial score (nSPS) is 8.45. The molecule has 0 fully saturated rings. The number of hydrogen-bond donors (Lipinski definition) is 0. The van der Waals surface area contributed by atoms with E-state index in [1.807, 2.05) is 0 Å². The number of carboxylic acids is 2. The first-order chi connectivity index (χ1) is 9.40. The van der Waals surface area contributed by atoms with Crippen molar-refractivity contribution in [1.82, 2.24) is 9.97 Å². The first kappa shape index (κ1) is 22.1. The number of rotatable bonds is 2. The van der Waals surface area contributed by atoms with Crippen LogP contribution in [-0.4, -0.2) is 21.9 Å². The molecule has 2 aromatic heterocycles. The van der Waals surface area contributed by atoms with E-state index in [1.165, 1.54) is 12.1 Å². The van der Waals surface area contributed by atoms with Gasteiger partial charge < -0.3 is 25.3 Å². The molecule has 0 aliphatic rings. The van der Waals surface area contributed by atoms with Crippen LogP contribution in [-0.2, 0) is 24.0 Å². The van der Waals surface area contributed by atoms with Gasteiger partial charge in [0.25, 0.3) is 0 Å². The third kappa shape index (κ3) is 7.54. The van der Waals surface area contributed by atoms with E-state index in [0.29, 0.717) is 11.4 Å². The van der Waals surface area contributed by atoms with Gasteiger partial charge in [-0.3, -0.25) is 9.97 Å². The average molecular weight is 339 g/mol. The van der Waals surface area contributed by atoms with E-state index >= 15 is 0 Å². The van der Waals surface area contributed by atoms with Crippen LogP contribution in [0.3, 0.4) is 0 Å². The molecule has 0 aromatic carbocycles. The summed E-state index contributed by atoms with van der Waals surface area (Å²) in [6, 6.07) is 9.53. The fourth-order valence-electron chi connectivity index (χ4n) is 1.31. The fourth-order valence-corrected chi connectivity index (χ4v) is 1.31. The van der Waals surface area contributed by atoms with Gasteiger partial charge >= 0.3 is 18.6 Å². The molecule has 0 atom stereocenters. The Morgan fingerprint density at radius 1 is 0.818 bits per heavy atom. The average Bonchev–Trinajstić information content (AvgIpc) is 2.39. The van der Waals surface area contributed by atoms with Crippen molar-refractivity contribution in [3.63, 3.8) is 0 Å². The molecule has 0 bridgehead atoms. The summed E-state index contributed by atoms with van der Waals surface area (Å²) in [5, 5.41) is 20.4. The summed E-state index contributed by atoms with van der Waals surface area (Å²) in [4.78, 5) is 27.8. The molecule has 0 N–H and O–H groups in total. The molecular formula is C14H12N2O5V. The van der Waals surface area contributed by atoms with E-state index in [-0.39, 0.29) is 35.4 Å². The molecule has 2 aromatic rings. The third-order valence-electron chi connectivity index (χ3n) is 2.19. The van der Waals surface area contributed by atoms with E-state index in [0.717, 1.165) is 0 Å². The molecule has 0 amide bonds. The van der Waals surface area contributed by atoms with E-state index in [4.69, 9.17) is 0 Å². The topological polar surface area (TPSA) is 135 Å². The number of aromatic nitrogens is 2. The molecule has 113 valence electrons. The Balaban J connectivity index is 0. The summed E-state index contributed by atoms with van der Waals surface area (Å²) in [5.74, 6) is -2.47. The number of pyridine rings is 2. The molecule has 1 radical (unpaired) electrons. The van der Waals surface area contributed by atoms with Crippen molar-refractivity contribution >= 4 is 11.9 Å². The van der Waals surface area contributed by atoms with E-state index in [9.17, 15) is 19.8 Å². The molecule has 22 heavy (non-hydrogen) atoms. The molecule has 8 heteroatoms. The molecule has 0 spiro atoms. The predicted octanol–water partition coefficient (Wildman–Crippen LogP) is -0.614. The number of carbonyl (C=O) groups is 2. The summed E-state index contributed by atoms with van der Waals surface area (Å²) in [7, 11) is 0. The van der Waals surface area contributed by atoms with Crippen molar-refractivity contribution in [2.75, 3.05) is 0 Å². The molecule has 2 rings (SSSR count). The largest absolute Gasteiger partial charge is 4.00 e. The molecule has 0 saturated heterocycles. The molecule has 2 heterocycles. The van der Waals surface area contributed by atoms with Crippen molar-refractivity contribution in [2.45, 2.75) is 13.8 Å². The van der Waals surface area contributed by atoms with Crippen LogP contribution in [0.2, 0.25) is 0 Å². The maximum absolute atomic E-state index is 10.2. The Labute approximate surface area is 139 Å². The SMILES string of the molecule is Cc1cccc(C(=O)[O-])n1.Cc1cccc(C(=O)[O-])n1.[O-2].[V+4]. The summed E-state index contributed by atoms with van der Waals surface area (Å²) in [6.07, 6.45) is 0. The van der Waals surface area contributed by atoms with E-state index in [2.05, 4.69) is 9.97 Å². The molecule has 7 nitrogen and oxygen atoms in total. The van der Waals surface area contributed by atoms with Gasteiger partial charge in [-0.15, -0.1) is 0 Å². The van der Waals surface area contributed by atoms with Crippen LogP contribution in [0.15, 0.2) is 36.4 Å². The van der Waals surface area contributed by atoms with Gasteiger partial charge in [0.05, 0.1) is 23.3 Å². The minimum Gasteiger partial charge on any atom is -2.00 e. The molecular weight excluding hydrogens is 327 g/mol. The predicted molar refractivity (Wildman–Crippen MR) is 67.3 cm³/mol. The van der Waals surface area contributed by atoms with Crippen molar-refractivity contribution in [3.8, 4) is 0 Å². The van der Waals surface area contributed by atoms with Gasteiger partial charge in [-0.25, -0.2) is 0 Å². The number of aromatic carboxylic acids is 2. The summed E-state index contributed by atoms with van der Waals surface area (Å²) in [6.45, 7) is 3.46. The zero-order valence-corrected chi connectivity index (χ0v) is 13.2. The Kier molecular flexibility index (Phi) is 10.5. The van der Waals surface area contributed by atoms with Crippen LogP contribution >= 0.6 is 0 Å². The molecule has 0 saturated carbocycles. The first-order valence-corrected chi connectivity index (χ1v) is 5.70. The molecule has 0 aliphatic heterocycles. The number of hydrogen-bond acceptors (Lipinski definition) is 6. The third-order valence-corrected chi connectivity index (χ3v) is 2.19. The quantitative estimate of drug-likeness (QED) is 0.716. The number of carbonyl (C=O) groups excluding carboxylic acids is 2. The van der Waals surface area contributed by atoms with Crippen LogP contribution in [0.25, 0.3) is 0 Å². The summed E-state index contributed by atoms with van der Waals surface area (Å²) < 4.78 is 0. The maximum Gasteiger partial charge on any atom is 4.00 e. The maximum atomic E-state index is 10.2. The standard InChI is InChI=1S/2C7H7NO2.O.V/c2*1-5-3-2-4-6(8-5)7(9)10;;/h2*2-4H,1H3,(H,9,10);;/q;;-2;+4/p-2. The van der Waals surface area contributed by atoms with Crippen molar-refractivity contribution < 1.29 is 43.8 Å². The molecule has 0 unspecified atom stereocenters. The van der Waals surface area contributed by atoms with Gasteiger partial charge in [0, 0.05) is 11.4 Å². The van der Waals surface area contributed by atoms with Gasteiger partial charge in [0.1, 0.15) is 0 Å². The second-order valence-electron chi connectivity index (χ2n) is 3.90. The van der Waals surface area contributed by atoms with Crippen LogP contribution in [0.1, 0.15) is 32.4 Å². The van der Waals surface area contributed by atoms with Gasteiger partial charge in [0.15, 0.2) is 0 Å². The Bertz CT molecular complexity index is 579. The number of carboxylic acid groups (broad SMARTS) is 2. The second-order valence-corrected chi connectivity index (χ2v) is 3.90. The van der Waals surface area contributed by atoms with Crippen molar-refractivity contribution in [3.05, 3.63) is 59.2 Å². The minimum absolute atomic E-state index is 0. The second kappa shape index (κ2) is 10.5. The zero-order valence-electron chi connectivity index (χ0n) is 11.8. The number of nitrogens with zero attached hydrogens (tertiary/aromatic N) is 2. The Morgan fingerprint density at radius 3 is 1.32 bits per heavy atom. The minimum atomic E-state index is -1.23. The van der Waals surface area contributed by atoms with E-state index < -0.39 is 11.9 Å². The fraction of sp³-hybridized carbons (Fsp3) is 0.143. The van der Waals surface area contributed by atoms with Crippen molar-refractivity contribution in [1.29, 1.82) is 0 Å². The van der Waals surface area contributed by atoms with Crippen LogP contribution in [0, 0.1) is 13.8 Å². The Hall–Kier alpha value is -2.22. The zero-order chi connectivity index (χ0) is 15.1. The van der Waals surface area contributed by atoms with Crippen LogP contribution < -0.4 is 10.2 Å². The molecule has 0 aliphatic carbocycles. The van der Waals surface area contributed by atoms with Gasteiger partial charge in [-0.1, -0.05) is 12.1 Å². The van der Waals surface area contributed by atoms with E-state index in [1.54, 1.807) is 38.1 Å². The summed E-state index contributed by atoms with van der Waals surface area (Å²) >= 11 is 0. The number of aryl methyl sites for hydroxylation is 2.